The molecule has 4 rings (SSSR count). The van der Waals surface area contributed by atoms with Gasteiger partial charge in [0, 0.05) is 13.1 Å². The van der Waals surface area contributed by atoms with Gasteiger partial charge in [-0.05, 0) is 37.9 Å². The van der Waals surface area contributed by atoms with Crippen LogP contribution >= 0.6 is 0 Å². The molecule has 1 fully saturated rings. The zero-order valence-corrected chi connectivity index (χ0v) is 15.1. The smallest absolute Gasteiger partial charge is 0.226 e. The second-order valence-corrected chi connectivity index (χ2v) is 6.95. The molecular weight excluding hydrogens is 330 g/mol. The monoisotopic (exact) mass is 355 g/mol. The van der Waals surface area contributed by atoms with E-state index in [1.54, 1.807) is 0 Å². The van der Waals surface area contributed by atoms with E-state index < -0.39 is 0 Å². The zero-order valence-electron chi connectivity index (χ0n) is 15.1. The molecule has 2 aliphatic heterocycles. The van der Waals surface area contributed by atoms with Crippen molar-refractivity contribution >= 4 is 5.91 Å². The van der Waals surface area contributed by atoms with Gasteiger partial charge < -0.3 is 19.5 Å². The van der Waals surface area contributed by atoms with Crippen LogP contribution in [0.15, 0.2) is 24.3 Å². The Bertz CT molecular complexity index is 782. The Labute approximate surface area is 153 Å². The molecule has 3 heterocycles. The summed E-state index contributed by atoms with van der Waals surface area (Å²) in [6.07, 6.45) is 2.66. The Kier molecular flexibility index (Phi) is 4.88. The summed E-state index contributed by atoms with van der Waals surface area (Å²) in [6.45, 7) is 5.44. The van der Waals surface area contributed by atoms with Crippen molar-refractivity contribution in [2.75, 3.05) is 19.7 Å². The van der Waals surface area contributed by atoms with Crippen LogP contribution in [0.25, 0.3) is 0 Å². The molecule has 0 saturated carbocycles. The van der Waals surface area contributed by atoms with Crippen LogP contribution in [-0.2, 0) is 17.9 Å². The number of ether oxygens (including phenoxy) is 1. The van der Waals surface area contributed by atoms with Crippen LogP contribution in [0.2, 0.25) is 0 Å². The van der Waals surface area contributed by atoms with Crippen molar-refractivity contribution in [1.29, 1.82) is 0 Å². The average molecular weight is 355 g/mol. The summed E-state index contributed by atoms with van der Waals surface area (Å²) in [5.41, 5.74) is 1.08. The van der Waals surface area contributed by atoms with E-state index in [1.807, 2.05) is 36.1 Å². The number of fused-ring (bicyclic) bond motifs is 1. The average Bonchev–Trinajstić information content (AvgIpc) is 3.31. The number of carbonyl (C=O) groups excluding carboxylic acids is 1. The Hall–Kier alpha value is -2.41. The Balaban J connectivity index is 1.32. The normalized spacial score (nSPS) is 19.4. The van der Waals surface area contributed by atoms with Crippen molar-refractivity contribution in [1.82, 2.24) is 25.0 Å². The van der Waals surface area contributed by atoms with Crippen LogP contribution in [0.1, 0.15) is 42.5 Å². The van der Waals surface area contributed by atoms with Gasteiger partial charge in [0.25, 0.3) is 0 Å². The summed E-state index contributed by atoms with van der Waals surface area (Å²) < 4.78 is 7.93. The summed E-state index contributed by atoms with van der Waals surface area (Å²) in [6, 6.07) is 8.17. The van der Waals surface area contributed by atoms with Gasteiger partial charge in [-0.2, -0.15) is 0 Å². The maximum Gasteiger partial charge on any atom is 0.226 e. The van der Waals surface area contributed by atoms with E-state index in [4.69, 9.17) is 4.74 Å². The zero-order chi connectivity index (χ0) is 17.9. The molecule has 0 spiro atoms. The minimum Gasteiger partial charge on any atom is -0.493 e. The summed E-state index contributed by atoms with van der Waals surface area (Å²) in [7, 11) is 0. The number of carbonyl (C=O) groups is 1. The van der Waals surface area contributed by atoms with Gasteiger partial charge in [-0.25, -0.2) is 0 Å². The molecule has 1 N–H and O–H groups in total. The van der Waals surface area contributed by atoms with Gasteiger partial charge in [-0.15, -0.1) is 10.2 Å². The van der Waals surface area contributed by atoms with Crippen molar-refractivity contribution in [3.05, 3.63) is 41.5 Å². The minimum absolute atomic E-state index is 0.105. The highest BCUT2D eigenvalue weighted by Crippen LogP contribution is 2.24. The van der Waals surface area contributed by atoms with Crippen LogP contribution in [0.5, 0.6) is 5.75 Å². The third-order valence-corrected chi connectivity index (χ3v) is 5.17. The number of nitrogens with zero attached hydrogens (tertiary/aromatic N) is 4. The SMILES string of the molecule is Cc1ccccc1OCCC(=O)N1CCn2c(nnc2[C@H]2CCCN2)C1. The molecule has 1 aromatic carbocycles. The first-order valence-electron chi connectivity index (χ1n) is 9.34. The summed E-state index contributed by atoms with van der Waals surface area (Å²) in [4.78, 5) is 14.4. The number of hydrogen-bond acceptors (Lipinski definition) is 5. The second-order valence-electron chi connectivity index (χ2n) is 6.95. The van der Waals surface area contributed by atoms with Gasteiger partial charge in [0.2, 0.25) is 5.91 Å². The van der Waals surface area contributed by atoms with Crippen molar-refractivity contribution in [2.24, 2.45) is 0 Å². The Morgan fingerprint density at radius 2 is 2.19 bits per heavy atom. The molecule has 7 nitrogen and oxygen atoms in total. The fourth-order valence-electron chi connectivity index (χ4n) is 3.68. The lowest BCUT2D eigenvalue weighted by Crippen LogP contribution is -2.39. The highest BCUT2D eigenvalue weighted by Gasteiger charge is 2.28. The lowest BCUT2D eigenvalue weighted by atomic mass is 10.2. The van der Waals surface area contributed by atoms with E-state index in [0.29, 0.717) is 32.2 Å². The molecule has 0 unspecified atom stereocenters. The Morgan fingerprint density at radius 1 is 1.31 bits per heavy atom. The van der Waals surface area contributed by atoms with Gasteiger partial charge in [0.15, 0.2) is 5.82 Å². The van der Waals surface area contributed by atoms with Gasteiger partial charge >= 0.3 is 0 Å². The van der Waals surface area contributed by atoms with Gasteiger partial charge in [0.05, 0.1) is 25.6 Å². The topological polar surface area (TPSA) is 72.3 Å². The summed E-state index contributed by atoms with van der Waals surface area (Å²) in [5.74, 6) is 2.85. The minimum atomic E-state index is 0.105. The predicted molar refractivity (Wildman–Crippen MR) is 96.7 cm³/mol. The van der Waals surface area contributed by atoms with E-state index >= 15 is 0 Å². The quantitative estimate of drug-likeness (QED) is 0.886. The van der Waals surface area contributed by atoms with Crippen molar-refractivity contribution in [3.63, 3.8) is 0 Å². The van der Waals surface area contributed by atoms with E-state index in [2.05, 4.69) is 20.1 Å². The molecule has 2 aliphatic rings. The molecule has 1 amide bonds. The molecule has 1 saturated heterocycles. The van der Waals surface area contributed by atoms with Crippen LogP contribution in [0, 0.1) is 6.92 Å². The fraction of sp³-hybridized carbons (Fsp3) is 0.526. The van der Waals surface area contributed by atoms with E-state index in [9.17, 15) is 4.79 Å². The summed E-state index contributed by atoms with van der Waals surface area (Å²) in [5, 5.41) is 12.2. The molecule has 138 valence electrons. The first kappa shape index (κ1) is 17.0. The van der Waals surface area contributed by atoms with Crippen molar-refractivity contribution in [3.8, 4) is 5.75 Å². The molecule has 7 heteroatoms. The van der Waals surface area contributed by atoms with Crippen LogP contribution in [0.3, 0.4) is 0 Å². The summed E-state index contributed by atoms with van der Waals surface area (Å²) >= 11 is 0. The standard InChI is InChI=1S/C19H25N5O2/c1-14-5-2-3-7-16(14)26-12-8-18(25)23-10-11-24-17(13-23)21-22-19(24)15-6-4-9-20-15/h2-3,5,7,15,20H,4,6,8-13H2,1H3/t15-/m1/s1. The Morgan fingerprint density at radius 3 is 3.00 bits per heavy atom. The van der Waals surface area contributed by atoms with Gasteiger partial charge in [-0.1, -0.05) is 18.2 Å². The van der Waals surface area contributed by atoms with E-state index in [0.717, 1.165) is 42.5 Å². The number of aryl methyl sites for hydroxylation is 1. The molecule has 0 aliphatic carbocycles. The molecule has 1 atom stereocenters. The van der Waals surface area contributed by atoms with E-state index in [1.165, 1.54) is 6.42 Å². The number of aromatic nitrogens is 3. The highest BCUT2D eigenvalue weighted by molar-refractivity contribution is 5.76. The van der Waals surface area contributed by atoms with E-state index in [-0.39, 0.29) is 5.91 Å². The predicted octanol–water partition coefficient (Wildman–Crippen LogP) is 1.82. The van der Waals surface area contributed by atoms with Gasteiger partial charge in [-0.3, -0.25) is 4.79 Å². The van der Waals surface area contributed by atoms with Crippen LogP contribution in [0.4, 0.5) is 0 Å². The second kappa shape index (κ2) is 7.45. The maximum absolute atomic E-state index is 12.5. The molecule has 0 bridgehead atoms. The number of hydrogen-bond donors (Lipinski definition) is 1. The number of amides is 1. The fourth-order valence-corrected chi connectivity index (χ4v) is 3.68. The lowest BCUT2D eigenvalue weighted by molar-refractivity contribution is -0.133. The molecular formula is C19H25N5O2. The van der Waals surface area contributed by atoms with Gasteiger partial charge in [0.1, 0.15) is 11.6 Å². The highest BCUT2D eigenvalue weighted by atomic mass is 16.5. The molecule has 0 radical (unpaired) electrons. The molecule has 1 aromatic heterocycles. The molecule has 2 aromatic rings. The van der Waals surface area contributed by atoms with Crippen LogP contribution < -0.4 is 10.1 Å². The largest absolute Gasteiger partial charge is 0.493 e. The lowest BCUT2D eigenvalue weighted by Gasteiger charge is -2.28. The van der Waals surface area contributed by atoms with Crippen molar-refractivity contribution < 1.29 is 9.53 Å². The first-order valence-corrected chi connectivity index (χ1v) is 9.34. The number of benzene rings is 1. The number of nitrogens with one attached hydrogen (secondary N) is 1. The number of para-hydroxylation sites is 1. The molecule has 26 heavy (non-hydrogen) atoms. The van der Waals surface area contributed by atoms with Crippen molar-refractivity contribution in [2.45, 2.75) is 45.3 Å². The first-order chi connectivity index (χ1) is 12.7. The number of rotatable bonds is 5. The third kappa shape index (κ3) is 3.44. The maximum atomic E-state index is 12.5. The third-order valence-electron chi connectivity index (χ3n) is 5.17. The van der Waals surface area contributed by atoms with Crippen LogP contribution in [-0.4, -0.2) is 45.3 Å².